The number of rotatable bonds is 4. The molecular weight excluding hydrogens is 296 g/mol. The van der Waals surface area contributed by atoms with Gasteiger partial charge in [0.25, 0.3) is 5.56 Å². The summed E-state index contributed by atoms with van der Waals surface area (Å²) in [5.74, 6) is 1.05. The van der Waals surface area contributed by atoms with Gasteiger partial charge in [0.15, 0.2) is 5.82 Å². The van der Waals surface area contributed by atoms with E-state index >= 15 is 0 Å². The lowest BCUT2D eigenvalue weighted by Gasteiger charge is -2.08. The summed E-state index contributed by atoms with van der Waals surface area (Å²) in [5.41, 5.74) is 1.68. The zero-order chi connectivity index (χ0) is 15.7. The first-order valence-electron chi connectivity index (χ1n) is 7.38. The van der Waals surface area contributed by atoms with Crippen molar-refractivity contribution in [2.24, 2.45) is 5.92 Å². The molecule has 0 aliphatic rings. The summed E-state index contributed by atoms with van der Waals surface area (Å²) in [5, 5.41) is 0.737. The first-order valence-corrected chi connectivity index (χ1v) is 8.20. The maximum absolute atomic E-state index is 12.5. The minimum atomic E-state index is -0.0822. The van der Waals surface area contributed by atoms with E-state index in [1.54, 1.807) is 23.6 Å². The van der Waals surface area contributed by atoms with E-state index in [-0.39, 0.29) is 5.56 Å². The molecule has 22 heavy (non-hydrogen) atoms. The largest absolute Gasteiger partial charge is 0.305 e. The fraction of sp³-hybridized carbons (Fsp3) is 0.375. The number of hydrogen-bond donors (Lipinski definition) is 1. The third kappa shape index (κ3) is 2.66. The molecule has 6 heteroatoms. The van der Waals surface area contributed by atoms with Crippen molar-refractivity contribution in [3.05, 3.63) is 39.4 Å². The van der Waals surface area contributed by atoms with E-state index < -0.39 is 0 Å². The van der Waals surface area contributed by atoms with Crippen molar-refractivity contribution in [3.63, 3.8) is 0 Å². The summed E-state index contributed by atoms with van der Waals surface area (Å²) in [7, 11) is 0. The van der Waals surface area contributed by atoms with Crippen LogP contribution >= 0.6 is 11.3 Å². The van der Waals surface area contributed by atoms with E-state index in [1.807, 2.05) is 0 Å². The summed E-state index contributed by atoms with van der Waals surface area (Å²) in [6, 6.07) is 1.74. The molecule has 5 nitrogen and oxygen atoms in total. The molecule has 0 saturated carbocycles. The van der Waals surface area contributed by atoms with Crippen molar-refractivity contribution in [1.29, 1.82) is 0 Å². The van der Waals surface area contributed by atoms with Crippen molar-refractivity contribution in [2.75, 3.05) is 0 Å². The Bertz CT molecular complexity index is 854. The summed E-state index contributed by atoms with van der Waals surface area (Å²) in [4.78, 5) is 30.0. The molecule has 0 bridgehead atoms. The molecule has 0 aliphatic heterocycles. The van der Waals surface area contributed by atoms with Crippen molar-refractivity contribution in [3.8, 4) is 11.5 Å². The molecule has 3 aromatic heterocycles. The van der Waals surface area contributed by atoms with Crippen molar-refractivity contribution < 1.29 is 0 Å². The smallest absolute Gasteiger partial charge is 0.260 e. The fourth-order valence-electron chi connectivity index (χ4n) is 2.47. The van der Waals surface area contributed by atoms with Gasteiger partial charge in [0, 0.05) is 11.1 Å². The van der Waals surface area contributed by atoms with Crippen LogP contribution in [0.4, 0.5) is 0 Å². The van der Waals surface area contributed by atoms with E-state index in [0.717, 1.165) is 28.6 Å². The number of thiophene rings is 1. The molecule has 0 saturated heterocycles. The third-order valence-corrected chi connectivity index (χ3v) is 4.98. The zero-order valence-corrected chi connectivity index (χ0v) is 13.7. The molecule has 3 heterocycles. The van der Waals surface area contributed by atoms with Crippen LogP contribution in [0.2, 0.25) is 0 Å². The van der Waals surface area contributed by atoms with E-state index in [0.29, 0.717) is 17.4 Å². The highest BCUT2D eigenvalue weighted by molar-refractivity contribution is 7.18. The molecule has 0 radical (unpaired) electrons. The van der Waals surface area contributed by atoms with Crippen LogP contribution in [-0.2, 0) is 6.42 Å². The summed E-state index contributed by atoms with van der Waals surface area (Å²) >= 11 is 1.58. The lowest BCUT2D eigenvalue weighted by atomic mass is 9.98. The molecule has 0 amide bonds. The second-order valence-corrected chi connectivity index (χ2v) is 6.75. The van der Waals surface area contributed by atoms with Gasteiger partial charge >= 0.3 is 0 Å². The number of aromatic amines is 1. The monoisotopic (exact) mass is 314 g/mol. The van der Waals surface area contributed by atoms with Crippen LogP contribution in [0.5, 0.6) is 0 Å². The number of aromatic nitrogens is 4. The Morgan fingerprint density at radius 1 is 1.41 bits per heavy atom. The van der Waals surface area contributed by atoms with Crippen LogP contribution in [0.3, 0.4) is 0 Å². The highest BCUT2D eigenvalue weighted by Gasteiger charge is 2.17. The Morgan fingerprint density at radius 3 is 2.91 bits per heavy atom. The van der Waals surface area contributed by atoms with Crippen LogP contribution < -0.4 is 5.56 Å². The van der Waals surface area contributed by atoms with Gasteiger partial charge in [-0.05, 0) is 30.9 Å². The van der Waals surface area contributed by atoms with Gasteiger partial charge in [-0.1, -0.05) is 20.3 Å². The van der Waals surface area contributed by atoms with E-state index in [9.17, 15) is 4.79 Å². The Hall–Kier alpha value is -2.08. The van der Waals surface area contributed by atoms with Crippen LogP contribution in [-0.4, -0.2) is 19.9 Å². The summed E-state index contributed by atoms with van der Waals surface area (Å²) < 4.78 is 0. The van der Waals surface area contributed by atoms with Gasteiger partial charge in [-0.15, -0.1) is 11.3 Å². The standard InChI is InChI=1S/C16H18N4OS/c1-4-9(2)7-11-10(3)22-16-13(11)15(21)19-14(20-16)12-5-6-17-8-18-12/h5-6,8-9H,4,7H2,1-3H3,(H,19,20,21)/t9-/m0/s1. The first kappa shape index (κ1) is 14.8. The molecule has 0 aliphatic carbocycles. The zero-order valence-electron chi connectivity index (χ0n) is 12.9. The minimum absolute atomic E-state index is 0.0822. The predicted octanol–water partition coefficient (Wildman–Crippen LogP) is 3.34. The van der Waals surface area contributed by atoms with Gasteiger partial charge in [-0.2, -0.15) is 0 Å². The molecule has 0 unspecified atom stereocenters. The summed E-state index contributed by atoms with van der Waals surface area (Å²) in [6.45, 7) is 6.44. The Morgan fingerprint density at radius 2 is 2.23 bits per heavy atom. The van der Waals surface area contributed by atoms with Gasteiger partial charge < -0.3 is 4.98 Å². The average molecular weight is 314 g/mol. The molecule has 114 valence electrons. The SMILES string of the molecule is CC[C@H](C)Cc1c(C)sc2nc(-c3ccncn3)[nH]c(=O)c12. The van der Waals surface area contributed by atoms with Crippen LogP contribution in [0.25, 0.3) is 21.7 Å². The Balaban J connectivity index is 2.15. The van der Waals surface area contributed by atoms with Crippen molar-refractivity contribution >= 4 is 21.6 Å². The maximum Gasteiger partial charge on any atom is 0.260 e. The number of H-pyrrole nitrogens is 1. The van der Waals surface area contributed by atoms with Crippen LogP contribution in [0.1, 0.15) is 30.7 Å². The highest BCUT2D eigenvalue weighted by Crippen LogP contribution is 2.30. The van der Waals surface area contributed by atoms with Gasteiger partial charge in [0.1, 0.15) is 16.9 Å². The Labute approximate surface area is 132 Å². The van der Waals surface area contributed by atoms with Crippen molar-refractivity contribution in [1.82, 2.24) is 19.9 Å². The van der Waals surface area contributed by atoms with Crippen LogP contribution in [0.15, 0.2) is 23.4 Å². The molecule has 3 aromatic rings. The van der Waals surface area contributed by atoms with Gasteiger partial charge in [0.05, 0.1) is 5.39 Å². The average Bonchev–Trinajstić information content (AvgIpc) is 2.84. The van der Waals surface area contributed by atoms with E-state index in [1.165, 1.54) is 11.2 Å². The number of hydrogen-bond acceptors (Lipinski definition) is 5. The Kier molecular flexibility index (Phi) is 4.02. The normalized spacial score (nSPS) is 12.7. The van der Waals surface area contributed by atoms with E-state index in [4.69, 9.17) is 0 Å². The highest BCUT2D eigenvalue weighted by atomic mass is 32.1. The second-order valence-electron chi connectivity index (χ2n) is 5.54. The van der Waals surface area contributed by atoms with Gasteiger partial charge in [-0.3, -0.25) is 4.79 Å². The first-order chi connectivity index (χ1) is 10.6. The topological polar surface area (TPSA) is 71.5 Å². The number of nitrogens with zero attached hydrogens (tertiary/aromatic N) is 3. The second kappa shape index (κ2) is 5.96. The predicted molar refractivity (Wildman–Crippen MR) is 89.2 cm³/mol. The number of fused-ring (bicyclic) bond motifs is 1. The number of aryl methyl sites for hydroxylation is 1. The minimum Gasteiger partial charge on any atom is -0.305 e. The molecule has 1 atom stereocenters. The molecule has 0 spiro atoms. The third-order valence-electron chi connectivity index (χ3n) is 3.94. The molecule has 1 N–H and O–H groups in total. The van der Waals surface area contributed by atoms with Gasteiger partial charge in [-0.25, -0.2) is 15.0 Å². The lowest BCUT2D eigenvalue weighted by Crippen LogP contribution is -2.11. The molecule has 0 fully saturated rings. The molecule has 3 rings (SSSR count). The molecular formula is C16H18N4OS. The van der Waals surface area contributed by atoms with Crippen molar-refractivity contribution in [2.45, 2.75) is 33.6 Å². The van der Waals surface area contributed by atoms with Gasteiger partial charge in [0.2, 0.25) is 0 Å². The quantitative estimate of drug-likeness (QED) is 0.801. The maximum atomic E-state index is 12.5. The molecule has 0 aromatic carbocycles. The fourth-order valence-corrected chi connectivity index (χ4v) is 3.52. The van der Waals surface area contributed by atoms with E-state index in [2.05, 4.69) is 40.7 Å². The number of nitrogens with one attached hydrogen (secondary N) is 1. The lowest BCUT2D eigenvalue weighted by molar-refractivity contribution is 0.561. The summed E-state index contributed by atoms with van der Waals surface area (Å²) in [6.07, 6.45) is 5.11. The van der Waals surface area contributed by atoms with Crippen LogP contribution in [0, 0.1) is 12.8 Å².